The van der Waals surface area contributed by atoms with Crippen LogP contribution in [0.3, 0.4) is 0 Å². The number of aliphatic hydroxyl groups is 1. The molecule has 0 radical (unpaired) electrons. The van der Waals surface area contributed by atoms with Gasteiger partial charge in [0.1, 0.15) is 0 Å². The van der Waals surface area contributed by atoms with E-state index in [9.17, 15) is 9.90 Å². The van der Waals surface area contributed by atoms with Gasteiger partial charge in [-0.2, -0.15) is 0 Å². The smallest absolute Gasteiger partial charge is 0.234 e. The maximum atomic E-state index is 12.8. The molecule has 2 N–H and O–H groups in total. The van der Waals surface area contributed by atoms with E-state index in [0.717, 1.165) is 50.6 Å². The van der Waals surface area contributed by atoms with E-state index in [2.05, 4.69) is 17.1 Å². The summed E-state index contributed by atoms with van der Waals surface area (Å²) in [4.78, 5) is 15.1. The van der Waals surface area contributed by atoms with Gasteiger partial charge in [0.2, 0.25) is 11.7 Å². The first kappa shape index (κ1) is 25.6. The van der Waals surface area contributed by atoms with Crippen LogP contribution in [-0.2, 0) is 4.79 Å². The number of amides is 1. The minimum Gasteiger partial charge on any atom is -0.493 e. The van der Waals surface area contributed by atoms with Crippen LogP contribution in [-0.4, -0.2) is 62.5 Å². The Labute approximate surface area is 198 Å². The topological polar surface area (TPSA) is 80.3 Å². The first-order valence-electron chi connectivity index (χ1n) is 12.5. The number of hydrogen-bond donors (Lipinski definition) is 2. The number of ether oxygens (including phenoxy) is 3. The Kier molecular flexibility index (Phi) is 9.27. The number of nitrogens with zero attached hydrogens (tertiary/aromatic N) is 1. The number of hydrogen-bond acceptors (Lipinski definition) is 6. The van der Waals surface area contributed by atoms with Crippen molar-refractivity contribution in [3.05, 3.63) is 17.7 Å². The summed E-state index contributed by atoms with van der Waals surface area (Å²) in [5, 5.41) is 14.6. The zero-order chi connectivity index (χ0) is 23.8. The zero-order valence-corrected chi connectivity index (χ0v) is 20.8. The van der Waals surface area contributed by atoms with Crippen molar-refractivity contribution in [2.24, 2.45) is 5.92 Å². The molecule has 7 heteroatoms. The largest absolute Gasteiger partial charge is 0.493 e. The molecular weight excluding hydrogens is 420 g/mol. The summed E-state index contributed by atoms with van der Waals surface area (Å²) in [6.45, 7) is 3.90. The fourth-order valence-electron chi connectivity index (χ4n) is 5.65. The third-order valence-electron chi connectivity index (χ3n) is 7.40. The third-order valence-corrected chi connectivity index (χ3v) is 7.40. The Morgan fingerprint density at radius 1 is 1.09 bits per heavy atom. The van der Waals surface area contributed by atoms with Gasteiger partial charge in [0.25, 0.3) is 0 Å². The van der Waals surface area contributed by atoms with Gasteiger partial charge in [-0.25, -0.2) is 0 Å². The van der Waals surface area contributed by atoms with Gasteiger partial charge in [0.05, 0.1) is 33.5 Å². The monoisotopic (exact) mass is 462 g/mol. The molecule has 2 aliphatic rings. The number of methoxy groups -OCH3 is 3. The number of likely N-dealkylation sites (tertiary alicyclic amines) is 1. The summed E-state index contributed by atoms with van der Waals surface area (Å²) in [6, 6.07) is 3.85. The molecule has 186 valence electrons. The number of benzene rings is 1. The summed E-state index contributed by atoms with van der Waals surface area (Å²) >= 11 is 0. The van der Waals surface area contributed by atoms with Crippen LogP contribution in [0.5, 0.6) is 17.2 Å². The van der Waals surface area contributed by atoms with E-state index < -0.39 is 5.60 Å². The van der Waals surface area contributed by atoms with E-state index in [-0.39, 0.29) is 17.9 Å². The predicted molar refractivity (Wildman–Crippen MR) is 129 cm³/mol. The second-order valence-electron chi connectivity index (χ2n) is 9.49. The first-order chi connectivity index (χ1) is 16.0. The lowest BCUT2D eigenvalue weighted by Crippen LogP contribution is -2.56. The van der Waals surface area contributed by atoms with Crippen LogP contribution in [0.1, 0.15) is 76.3 Å². The van der Waals surface area contributed by atoms with Gasteiger partial charge in [-0.15, -0.1) is 0 Å². The highest BCUT2D eigenvalue weighted by molar-refractivity contribution is 5.78. The fraction of sp³-hybridized carbons (Fsp3) is 0.731. The molecule has 1 saturated heterocycles. The van der Waals surface area contributed by atoms with E-state index >= 15 is 0 Å². The Morgan fingerprint density at radius 2 is 1.82 bits per heavy atom. The minimum absolute atomic E-state index is 0.0465. The number of fused-ring (bicyclic) bond motifs is 1. The lowest BCUT2D eigenvalue weighted by molar-refractivity contribution is -0.137. The van der Waals surface area contributed by atoms with Crippen LogP contribution in [0.4, 0.5) is 0 Å². The molecule has 0 spiro atoms. The Morgan fingerprint density at radius 3 is 2.45 bits per heavy atom. The highest BCUT2D eigenvalue weighted by Crippen LogP contribution is 2.51. The molecule has 1 heterocycles. The van der Waals surface area contributed by atoms with Crippen LogP contribution in [0.25, 0.3) is 0 Å². The van der Waals surface area contributed by atoms with Crippen molar-refractivity contribution in [3.63, 3.8) is 0 Å². The SMILES string of the molecule is CCCCCCNC(=O)CN1CC[C@]2(O)CCCC[C@H]2[C@H]1c1cc(OC)c(OC)c(OC)c1. The number of carbonyl (C=O) groups excluding carboxylic acids is 1. The molecule has 0 aromatic heterocycles. The van der Waals surface area contributed by atoms with Crippen LogP contribution < -0.4 is 19.5 Å². The summed E-state index contributed by atoms with van der Waals surface area (Å²) in [6.07, 6.45) is 9.12. The van der Waals surface area contributed by atoms with E-state index in [1.54, 1.807) is 21.3 Å². The Bertz CT molecular complexity index is 761. The van der Waals surface area contributed by atoms with Gasteiger partial charge >= 0.3 is 0 Å². The highest BCUT2D eigenvalue weighted by atomic mass is 16.5. The summed E-state index contributed by atoms with van der Waals surface area (Å²) in [5.74, 6) is 1.84. The predicted octanol–water partition coefficient (Wildman–Crippen LogP) is 4.08. The van der Waals surface area contributed by atoms with Crippen molar-refractivity contribution in [2.75, 3.05) is 41.0 Å². The minimum atomic E-state index is -0.698. The number of nitrogens with one attached hydrogen (secondary N) is 1. The summed E-state index contributed by atoms with van der Waals surface area (Å²) in [7, 11) is 4.82. The number of piperidine rings is 1. The first-order valence-corrected chi connectivity index (χ1v) is 12.5. The average Bonchev–Trinajstić information content (AvgIpc) is 2.82. The molecule has 7 nitrogen and oxygen atoms in total. The lowest BCUT2D eigenvalue weighted by Gasteiger charge is -2.52. The average molecular weight is 463 g/mol. The van der Waals surface area contributed by atoms with Gasteiger partial charge in [-0.05, 0) is 43.4 Å². The van der Waals surface area contributed by atoms with Crippen molar-refractivity contribution in [1.82, 2.24) is 10.2 Å². The third kappa shape index (κ3) is 5.93. The van der Waals surface area contributed by atoms with Gasteiger partial charge in [-0.1, -0.05) is 39.0 Å². The molecule has 2 fully saturated rings. The Hall–Kier alpha value is -1.99. The molecule has 1 amide bonds. The zero-order valence-electron chi connectivity index (χ0n) is 20.8. The molecule has 0 bridgehead atoms. The lowest BCUT2D eigenvalue weighted by atomic mass is 9.66. The van der Waals surface area contributed by atoms with Gasteiger partial charge < -0.3 is 24.6 Å². The molecule has 1 saturated carbocycles. The summed E-state index contributed by atoms with van der Waals surface area (Å²) < 4.78 is 16.7. The van der Waals surface area contributed by atoms with E-state index in [0.29, 0.717) is 36.8 Å². The summed E-state index contributed by atoms with van der Waals surface area (Å²) in [5.41, 5.74) is 0.293. The standard InChI is InChI=1S/C26H42N2O5/c1-5-6-7-10-14-27-23(29)18-28-15-13-26(30)12-9-8-11-20(26)24(28)19-16-21(31-2)25(33-4)22(17-19)32-3/h16-17,20,24,30H,5-15,18H2,1-4H3,(H,27,29)/t20-,24+,26+/m0/s1. The fourth-order valence-corrected chi connectivity index (χ4v) is 5.65. The molecule has 1 aromatic rings. The van der Waals surface area contributed by atoms with Crippen molar-refractivity contribution in [3.8, 4) is 17.2 Å². The molecule has 1 aliphatic carbocycles. The van der Waals surface area contributed by atoms with Gasteiger partial charge in [0.15, 0.2) is 11.5 Å². The second kappa shape index (κ2) is 11.9. The maximum absolute atomic E-state index is 12.8. The normalized spacial score (nSPS) is 25.2. The van der Waals surface area contributed by atoms with E-state index in [4.69, 9.17) is 14.2 Å². The second-order valence-corrected chi connectivity index (χ2v) is 9.49. The quantitative estimate of drug-likeness (QED) is 0.483. The van der Waals surface area contributed by atoms with Crippen LogP contribution in [0.2, 0.25) is 0 Å². The number of unbranched alkanes of at least 4 members (excludes halogenated alkanes) is 3. The Balaban J connectivity index is 1.86. The van der Waals surface area contributed by atoms with Crippen molar-refractivity contribution in [2.45, 2.75) is 76.4 Å². The molecule has 1 aromatic carbocycles. The van der Waals surface area contributed by atoms with Crippen molar-refractivity contribution in [1.29, 1.82) is 0 Å². The molecule has 1 aliphatic heterocycles. The molecule has 33 heavy (non-hydrogen) atoms. The molecule has 3 rings (SSSR count). The van der Waals surface area contributed by atoms with Gasteiger partial charge in [-0.3, -0.25) is 9.69 Å². The number of carbonyl (C=O) groups is 1. The molecule has 3 atom stereocenters. The van der Waals surface area contributed by atoms with Gasteiger partial charge in [0, 0.05) is 25.0 Å². The van der Waals surface area contributed by atoms with Crippen LogP contribution in [0, 0.1) is 5.92 Å². The van der Waals surface area contributed by atoms with Crippen LogP contribution in [0.15, 0.2) is 12.1 Å². The molecule has 0 unspecified atom stereocenters. The maximum Gasteiger partial charge on any atom is 0.234 e. The van der Waals surface area contributed by atoms with Crippen molar-refractivity contribution < 1.29 is 24.1 Å². The van der Waals surface area contributed by atoms with E-state index in [1.165, 1.54) is 12.8 Å². The van der Waals surface area contributed by atoms with Crippen LogP contribution >= 0.6 is 0 Å². The van der Waals surface area contributed by atoms with Crippen molar-refractivity contribution >= 4 is 5.91 Å². The van der Waals surface area contributed by atoms with E-state index in [1.807, 2.05) is 12.1 Å². The highest BCUT2D eigenvalue weighted by Gasteiger charge is 2.49. The number of rotatable bonds is 11. The molecular formula is C26H42N2O5.